The molecule has 1 rings (SSSR count). The molecule has 16 heavy (non-hydrogen) atoms. The highest BCUT2D eigenvalue weighted by atomic mass is 16.6. The summed E-state index contributed by atoms with van der Waals surface area (Å²) in [6.45, 7) is 6.16. The molecule has 88 valence electrons. The van der Waals surface area contributed by atoms with Gasteiger partial charge in [-0.1, -0.05) is 0 Å². The molecule has 5 heteroatoms. The van der Waals surface area contributed by atoms with E-state index in [9.17, 15) is 10.1 Å². The van der Waals surface area contributed by atoms with Gasteiger partial charge in [0.1, 0.15) is 0 Å². The normalized spacial score (nSPS) is 10.2. The minimum absolute atomic E-state index is 0.00694. The fraction of sp³-hybridized carbons (Fsp3) is 0.455. The molecule has 0 spiro atoms. The molecule has 5 nitrogen and oxygen atoms in total. The van der Waals surface area contributed by atoms with Crippen LogP contribution in [0.2, 0.25) is 0 Å². The molecular formula is C11H16N2O3. The summed E-state index contributed by atoms with van der Waals surface area (Å²) in [4.78, 5) is 10.4. The largest absolute Gasteiger partial charge is 0.487 e. The number of ether oxygens (including phenoxy) is 1. The van der Waals surface area contributed by atoms with Crippen LogP contribution in [0.3, 0.4) is 0 Å². The molecule has 0 saturated carbocycles. The third kappa shape index (κ3) is 3.12. The Morgan fingerprint density at radius 2 is 2.19 bits per heavy atom. The lowest BCUT2D eigenvalue weighted by Crippen LogP contribution is -2.10. The topological polar surface area (TPSA) is 64.4 Å². The maximum Gasteiger partial charge on any atom is 0.312 e. The van der Waals surface area contributed by atoms with Gasteiger partial charge in [0.2, 0.25) is 0 Å². The van der Waals surface area contributed by atoms with Crippen LogP contribution >= 0.6 is 0 Å². The Hall–Kier alpha value is -1.78. The van der Waals surface area contributed by atoms with E-state index in [0.717, 1.165) is 5.69 Å². The Morgan fingerprint density at radius 3 is 2.69 bits per heavy atom. The first-order valence-electron chi connectivity index (χ1n) is 5.22. The number of hydrogen-bond donors (Lipinski definition) is 1. The average molecular weight is 224 g/mol. The van der Waals surface area contributed by atoms with E-state index < -0.39 is 4.92 Å². The molecule has 1 aromatic carbocycles. The standard InChI is InChI=1S/C11H16N2O3/c1-4-16-11-6-5-9(12-8(2)3)7-10(11)13(14)15/h5-8,12H,4H2,1-3H3. The summed E-state index contributed by atoms with van der Waals surface area (Å²) in [5.74, 6) is 0.307. The molecule has 0 unspecified atom stereocenters. The van der Waals surface area contributed by atoms with Crippen LogP contribution < -0.4 is 10.1 Å². The monoisotopic (exact) mass is 224 g/mol. The van der Waals surface area contributed by atoms with Gasteiger partial charge in [0, 0.05) is 17.8 Å². The molecule has 1 N–H and O–H groups in total. The molecule has 0 aromatic heterocycles. The van der Waals surface area contributed by atoms with Gasteiger partial charge < -0.3 is 10.1 Å². The van der Waals surface area contributed by atoms with Gasteiger partial charge in [-0.05, 0) is 32.9 Å². The fourth-order valence-corrected chi connectivity index (χ4v) is 1.36. The van der Waals surface area contributed by atoms with Crippen LogP contribution in [0.15, 0.2) is 18.2 Å². The number of nitro benzene ring substituents is 1. The van der Waals surface area contributed by atoms with E-state index in [2.05, 4.69) is 5.32 Å². The second-order valence-electron chi connectivity index (χ2n) is 3.67. The summed E-state index contributed by atoms with van der Waals surface area (Å²) < 4.78 is 5.19. The molecule has 0 amide bonds. The van der Waals surface area contributed by atoms with Crippen molar-refractivity contribution in [1.82, 2.24) is 0 Å². The third-order valence-corrected chi connectivity index (χ3v) is 1.91. The van der Waals surface area contributed by atoms with Crippen LogP contribution in [-0.4, -0.2) is 17.6 Å². The van der Waals surface area contributed by atoms with Crippen LogP contribution in [0.25, 0.3) is 0 Å². The van der Waals surface area contributed by atoms with Crippen molar-refractivity contribution in [2.45, 2.75) is 26.8 Å². The predicted octanol–water partition coefficient (Wildman–Crippen LogP) is 2.81. The molecule has 0 fully saturated rings. The first-order valence-corrected chi connectivity index (χ1v) is 5.22. The predicted molar refractivity (Wildman–Crippen MR) is 63.0 cm³/mol. The van der Waals surface area contributed by atoms with Crippen LogP contribution in [0.5, 0.6) is 5.75 Å². The quantitative estimate of drug-likeness (QED) is 0.617. The fourth-order valence-electron chi connectivity index (χ4n) is 1.36. The molecule has 0 bridgehead atoms. The zero-order valence-electron chi connectivity index (χ0n) is 9.69. The van der Waals surface area contributed by atoms with Crippen molar-refractivity contribution < 1.29 is 9.66 Å². The van der Waals surface area contributed by atoms with Gasteiger partial charge in [-0.15, -0.1) is 0 Å². The van der Waals surface area contributed by atoms with E-state index in [1.807, 2.05) is 13.8 Å². The Balaban J connectivity index is 3.02. The lowest BCUT2D eigenvalue weighted by Gasteiger charge is -2.11. The Morgan fingerprint density at radius 1 is 1.50 bits per heavy atom. The molecule has 0 aliphatic rings. The lowest BCUT2D eigenvalue weighted by molar-refractivity contribution is -0.385. The summed E-state index contributed by atoms with van der Waals surface area (Å²) >= 11 is 0. The number of benzene rings is 1. The van der Waals surface area contributed by atoms with E-state index in [1.54, 1.807) is 19.1 Å². The van der Waals surface area contributed by atoms with E-state index in [-0.39, 0.29) is 11.7 Å². The van der Waals surface area contributed by atoms with Crippen molar-refractivity contribution in [2.75, 3.05) is 11.9 Å². The van der Waals surface area contributed by atoms with Crippen molar-refractivity contribution in [1.29, 1.82) is 0 Å². The first kappa shape index (κ1) is 12.3. The van der Waals surface area contributed by atoms with Crippen LogP contribution in [0, 0.1) is 10.1 Å². The van der Waals surface area contributed by atoms with Crippen molar-refractivity contribution >= 4 is 11.4 Å². The second-order valence-corrected chi connectivity index (χ2v) is 3.67. The highest BCUT2D eigenvalue weighted by molar-refractivity contribution is 5.58. The summed E-state index contributed by atoms with van der Waals surface area (Å²) in [5, 5.41) is 13.9. The maximum absolute atomic E-state index is 10.8. The molecule has 0 aliphatic carbocycles. The third-order valence-electron chi connectivity index (χ3n) is 1.91. The highest BCUT2D eigenvalue weighted by Crippen LogP contribution is 2.30. The van der Waals surface area contributed by atoms with Crippen LogP contribution in [0.4, 0.5) is 11.4 Å². The highest BCUT2D eigenvalue weighted by Gasteiger charge is 2.15. The number of rotatable bonds is 5. The maximum atomic E-state index is 10.8. The molecule has 0 aliphatic heterocycles. The molecule has 0 saturated heterocycles. The zero-order chi connectivity index (χ0) is 12.1. The van der Waals surface area contributed by atoms with Crippen molar-refractivity contribution in [3.8, 4) is 5.75 Å². The number of nitrogens with zero attached hydrogens (tertiary/aromatic N) is 1. The van der Waals surface area contributed by atoms with Crippen LogP contribution in [-0.2, 0) is 0 Å². The number of hydrogen-bond acceptors (Lipinski definition) is 4. The van der Waals surface area contributed by atoms with Gasteiger partial charge in [-0.25, -0.2) is 0 Å². The SMILES string of the molecule is CCOc1ccc(NC(C)C)cc1[N+](=O)[O-]. The minimum Gasteiger partial charge on any atom is -0.487 e. The number of anilines is 1. The van der Waals surface area contributed by atoms with Crippen molar-refractivity contribution in [3.63, 3.8) is 0 Å². The van der Waals surface area contributed by atoms with E-state index in [0.29, 0.717) is 12.4 Å². The van der Waals surface area contributed by atoms with Gasteiger partial charge in [0.05, 0.1) is 11.5 Å². The van der Waals surface area contributed by atoms with Crippen molar-refractivity contribution in [2.24, 2.45) is 0 Å². The van der Waals surface area contributed by atoms with Gasteiger partial charge in [-0.3, -0.25) is 10.1 Å². The lowest BCUT2D eigenvalue weighted by atomic mass is 10.2. The van der Waals surface area contributed by atoms with Gasteiger partial charge in [-0.2, -0.15) is 0 Å². The Bertz CT molecular complexity index is 377. The van der Waals surface area contributed by atoms with E-state index in [1.165, 1.54) is 6.07 Å². The second kappa shape index (κ2) is 5.34. The Labute approximate surface area is 94.6 Å². The van der Waals surface area contributed by atoms with E-state index in [4.69, 9.17) is 4.74 Å². The molecule has 0 atom stereocenters. The molecule has 1 aromatic rings. The zero-order valence-corrected chi connectivity index (χ0v) is 9.69. The first-order chi connectivity index (χ1) is 7.54. The van der Waals surface area contributed by atoms with E-state index >= 15 is 0 Å². The van der Waals surface area contributed by atoms with Gasteiger partial charge in [0.15, 0.2) is 5.75 Å². The number of nitrogens with one attached hydrogen (secondary N) is 1. The average Bonchev–Trinajstić information content (AvgIpc) is 2.19. The summed E-state index contributed by atoms with van der Waals surface area (Å²) in [5.41, 5.74) is 0.720. The molecular weight excluding hydrogens is 208 g/mol. The van der Waals surface area contributed by atoms with Gasteiger partial charge >= 0.3 is 5.69 Å². The summed E-state index contributed by atoms with van der Waals surface area (Å²) in [7, 11) is 0. The van der Waals surface area contributed by atoms with Gasteiger partial charge in [0.25, 0.3) is 0 Å². The molecule has 0 heterocycles. The van der Waals surface area contributed by atoms with Crippen molar-refractivity contribution in [3.05, 3.63) is 28.3 Å². The molecule has 0 radical (unpaired) electrons. The number of nitro groups is 1. The smallest absolute Gasteiger partial charge is 0.312 e. The summed E-state index contributed by atoms with van der Waals surface area (Å²) in [6, 6.07) is 5.12. The summed E-state index contributed by atoms with van der Waals surface area (Å²) in [6.07, 6.45) is 0. The minimum atomic E-state index is -0.434. The Kier molecular flexibility index (Phi) is 4.10. The van der Waals surface area contributed by atoms with Crippen LogP contribution in [0.1, 0.15) is 20.8 Å².